The number of rotatable bonds is 4. The summed E-state index contributed by atoms with van der Waals surface area (Å²) in [6.45, 7) is 10.6. The molecule has 1 saturated heterocycles. The Kier molecular flexibility index (Phi) is 4.43. The topological polar surface area (TPSA) is 18.5 Å². The summed E-state index contributed by atoms with van der Waals surface area (Å²) >= 11 is 1.74. The van der Waals surface area contributed by atoms with Gasteiger partial charge in [0.1, 0.15) is 0 Å². The van der Waals surface area contributed by atoms with Gasteiger partial charge in [0.05, 0.1) is 11.2 Å². The third-order valence-corrected chi connectivity index (χ3v) is 5.94. The molecule has 0 unspecified atom stereocenters. The first kappa shape index (κ1) is 16.8. The van der Waals surface area contributed by atoms with Gasteiger partial charge in [0, 0.05) is 5.92 Å². The monoisotopic (exact) mass is 328 g/mol. The van der Waals surface area contributed by atoms with Crippen LogP contribution in [0.3, 0.4) is 0 Å². The van der Waals surface area contributed by atoms with Crippen molar-refractivity contribution in [3.05, 3.63) is 57.8 Å². The number of benzene rings is 1. The summed E-state index contributed by atoms with van der Waals surface area (Å²) in [4.78, 5) is 0. The maximum atomic E-state index is 6.24. The molecule has 0 spiro atoms. The number of hydrogen-bond donors (Lipinski definition) is 0. The zero-order chi connectivity index (χ0) is 16.7. The number of hydrogen-bond acceptors (Lipinski definition) is 3. The third-order valence-electron chi connectivity index (χ3n) is 5.24. The molecule has 4 heteroatoms. The predicted octanol–water partition coefficient (Wildman–Crippen LogP) is 5.28. The van der Waals surface area contributed by atoms with Crippen molar-refractivity contribution in [1.29, 1.82) is 0 Å². The molecule has 23 heavy (non-hydrogen) atoms. The van der Waals surface area contributed by atoms with Gasteiger partial charge in [0.15, 0.2) is 0 Å². The molecule has 0 radical (unpaired) electrons. The summed E-state index contributed by atoms with van der Waals surface area (Å²) in [5, 5.41) is 4.38. The summed E-state index contributed by atoms with van der Waals surface area (Å²) in [7, 11) is -0.176. The van der Waals surface area contributed by atoms with E-state index < -0.39 is 0 Å². The van der Waals surface area contributed by atoms with Crippen LogP contribution in [-0.4, -0.2) is 18.3 Å². The van der Waals surface area contributed by atoms with Crippen molar-refractivity contribution in [3.63, 3.8) is 0 Å². The van der Waals surface area contributed by atoms with Gasteiger partial charge in [-0.1, -0.05) is 24.3 Å². The lowest BCUT2D eigenvalue weighted by atomic mass is 9.72. The van der Waals surface area contributed by atoms with Crippen LogP contribution >= 0.6 is 11.3 Å². The van der Waals surface area contributed by atoms with Crippen molar-refractivity contribution in [2.24, 2.45) is 0 Å². The van der Waals surface area contributed by atoms with Gasteiger partial charge in [-0.3, -0.25) is 0 Å². The van der Waals surface area contributed by atoms with Crippen molar-refractivity contribution in [2.75, 3.05) is 0 Å². The molecule has 1 aliphatic heterocycles. The Morgan fingerprint density at radius 3 is 2.26 bits per heavy atom. The third kappa shape index (κ3) is 3.26. The van der Waals surface area contributed by atoms with Crippen LogP contribution in [0.15, 0.2) is 41.1 Å². The maximum Gasteiger partial charge on any atom is 0.458 e. The van der Waals surface area contributed by atoms with E-state index in [4.69, 9.17) is 9.31 Å². The first-order valence-corrected chi connectivity index (χ1v) is 9.18. The minimum atomic E-state index is -0.275. The molecule has 3 rings (SSSR count). The largest absolute Gasteiger partial charge is 0.458 e. The van der Waals surface area contributed by atoms with Crippen molar-refractivity contribution < 1.29 is 9.31 Å². The van der Waals surface area contributed by atoms with Gasteiger partial charge in [0.2, 0.25) is 0 Å². The van der Waals surface area contributed by atoms with Crippen LogP contribution in [0, 0.1) is 6.92 Å². The Balaban J connectivity index is 1.89. The zero-order valence-electron chi connectivity index (χ0n) is 14.6. The van der Waals surface area contributed by atoms with E-state index in [1.807, 2.05) is 0 Å². The van der Waals surface area contributed by atoms with Crippen LogP contribution in [0.2, 0.25) is 6.32 Å². The highest BCUT2D eigenvalue weighted by Gasteiger charge is 2.51. The average molecular weight is 328 g/mol. The fraction of sp³-hybridized carbons (Fsp3) is 0.474. The molecule has 0 bridgehead atoms. The molecule has 2 nitrogen and oxygen atoms in total. The summed E-state index contributed by atoms with van der Waals surface area (Å²) in [6.07, 6.45) is 0.842. The SMILES string of the molecule is Cc1ccccc1[C@H](CB1OC(C)(C)C(C)(C)O1)c1ccsc1. The van der Waals surface area contributed by atoms with Crippen molar-refractivity contribution >= 4 is 18.5 Å². The van der Waals surface area contributed by atoms with E-state index in [1.54, 1.807) is 11.3 Å². The van der Waals surface area contributed by atoms with E-state index in [2.05, 4.69) is 75.7 Å². The normalized spacial score (nSPS) is 20.7. The Bertz CT molecular complexity index is 648. The summed E-state index contributed by atoms with van der Waals surface area (Å²) in [5.41, 5.74) is 3.48. The lowest BCUT2D eigenvalue weighted by molar-refractivity contribution is 0.00578. The quantitative estimate of drug-likeness (QED) is 0.711. The molecular formula is C19H25BO2S. The standard InChI is InChI=1S/C19H25BO2S/c1-14-8-6-7-9-16(14)17(15-10-11-23-13-15)12-20-21-18(2,3)19(4,5)22-20/h6-11,13,17H,12H2,1-5H3/t17-/m1/s1. The maximum absolute atomic E-state index is 6.24. The van der Waals surface area contributed by atoms with Crippen molar-refractivity contribution in [3.8, 4) is 0 Å². The van der Waals surface area contributed by atoms with E-state index >= 15 is 0 Å². The Morgan fingerprint density at radius 1 is 1.04 bits per heavy atom. The van der Waals surface area contributed by atoms with Crippen LogP contribution < -0.4 is 0 Å². The molecule has 1 aliphatic rings. The van der Waals surface area contributed by atoms with Gasteiger partial charge in [0.25, 0.3) is 0 Å². The first-order chi connectivity index (χ1) is 10.8. The highest BCUT2D eigenvalue weighted by molar-refractivity contribution is 7.08. The highest BCUT2D eigenvalue weighted by Crippen LogP contribution is 2.41. The van der Waals surface area contributed by atoms with E-state index in [0.717, 1.165) is 6.32 Å². The van der Waals surface area contributed by atoms with Crippen LogP contribution in [0.5, 0.6) is 0 Å². The molecule has 1 fully saturated rings. The van der Waals surface area contributed by atoms with Crippen molar-refractivity contribution in [2.45, 2.75) is 58.1 Å². The van der Waals surface area contributed by atoms with E-state index in [1.165, 1.54) is 16.7 Å². The average Bonchev–Trinajstić information content (AvgIpc) is 3.04. The minimum absolute atomic E-state index is 0.176. The molecule has 2 aromatic rings. The summed E-state index contributed by atoms with van der Waals surface area (Å²) in [5.74, 6) is 0.303. The van der Waals surface area contributed by atoms with Gasteiger partial charge in [-0.25, -0.2) is 0 Å². The summed E-state index contributed by atoms with van der Waals surface area (Å²) < 4.78 is 12.5. The van der Waals surface area contributed by atoms with Crippen molar-refractivity contribution in [1.82, 2.24) is 0 Å². The van der Waals surface area contributed by atoms with Crippen LogP contribution in [0.1, 0.15) is 50.3 Å². The molecule has 1 aromatic carbocycles. The summed E-state index contributed by atoms with van der Waals surface area (Å²) in [6, 6.07) is 10.8. The Morgan fingerprint density at radius 2 is 1.70 bits per heavy atom. The lowest BCUT2D eigenvalue weighted by Crippen LogP contribution is -2.41. The molecule has 0 amide bonds. The van der Waals surface area contributed by atoms with E-state index in [0.29, 0.717) is 5.92 Å². The zero-order valence-corrected chi connectivity index (χ0v) is 15.4. The second kappa shape index (κ2) is 6.08. The first-order valence-electron chi connectivity index (χ1n) is 8.23. The van der Waals surface area contributed by atoms with E-state index in [-0.39, 0.29) is 18.3 Å². The van der Waals surface area contributed by atoms with Crippen LogP contribution in [0.4, 0.5) is 0 Å². The van der Waals surface area contributed by atoms with Gasteiger partial charge in [-0.2, -0.15) is 11.3 Å². The lowest BCUT2D eigenvalue weighted by Gasteiger charge is -2.32. The predicted molar refractivity (Wildman–Crippen MR) is 98.2 cm³/mol. The Labute approximate surface area is 144 Å². The second-order valence-corrected chi connectivity index (χ2v) is 8.17. The van der Waals surface area contributed by atoms with Gasteiger partial charge >= 0.3 is 7.12 Å². The smallest absolute Gasteiger partial charge is 0.403 e. The molecule has 0 saturated carbocycles. The number of thiophene rings is 1. The molecule has 122 valence electrons. The van der Waals surface area contributed by atoms with E-state index in [9.17, 15) is 0 Å². The highest BCUT2D eigenvalue weighted by atomic mass is 32.1. The molecule has 1 atom stereocenters. The molecule has 1 aromatic heterocycles. The molecular weight excluding hydrogens is 303 g/mol. The second-order valence-electron chi connectivity index (χ2n) is 7.39. The van der Waals surface area contributed by atoms with Gasteiger partial charge < -0.3 is 9.31 Å². The van der Waals surface area contributed by atoms with Gasteiger partial charge in [-0.15, -0.1) is 0 Å². The molecule has 0 aliphatic carbocycles. The molecule has 2 heterocycles. The van der Waals surface area contributed by atoms with Crippen LogP contribution in [-0.2, 0) is 9.31 Å². The minimum Gasteiger partial charge on any atom is -0.403 e. The fourth-order valence-electron chi connectivity index (χ4n) is 3.15. The fourth-order valence-corrected chi connectivity index (χ4v) is 3.86. The molecule has 0 N–H and O–H groups in total. The van der Waals surface area contributed by atoms with Crippen LogP contribution in [0.25, 0.3) is 0 Å². The Hall–Kier alpha value is -1.10. The number of aryl methyl sites for hydroxylation is 1. The van der Waals surface area contributed by atoms with Gasteiger partial charge in [-0.05, 0) is 74.5 Å².